The summed E-state index contributed by atoms with van der Waals surface area (Å²) in [6.45, 7) is 9.76. The van der Waals surface area contributed by atoms with Gasteiger partial charge in [0.05, 0.1) is 17.3 Å². The molecule has 41 heavy (non-hydrogen) atoms. The second-order valence-corrected chi connectivity index (χ2v) is 11.0. The van der Waals surface area contributed by atoms with Crippen LogP contribution in [0.2, 0.25) is 0 Å². The third-order valence-electron chi connectivity index (χ3n) is 8.34. The number of amides is 1. The monoisotopic (exact) mass is 556 g/mol. The van der Waals surface area contributed by atoms with Gasteiger partial charge in [-0.2, -0.15) is 10.4 Å². The molecule has 0 bridgehead atoms. The number of piperidine rings is 1. The van der Waals surface area contributed by atoms with Gasteiger partial charge in [-0.15, -0.1) is 5.10 Å². The number of benzene rings is 2. The molecule has 0 radical (unpaired) electrons. The van der Waals surface area contributed by atoms with Crippen molar-refractivity contribution >= 4 is 23.1 Å². The van der Waals surface area contributed by atoms with Crippen LogP contribution in [0.5, 0.6) is 0 Å². The van der Waals surface area contributed by atoms with E-state index in [9.17, 15) is 14.4 Å². The van der Waals surface area contributed by atoms with Crippen LogP contribution >= 0.6 is 0 Å². The summed E-state index contributed by atoms with van der Waals surface area (Å²) in [6, 6.07) is 12.6. The average Bonchev–Trinajstić information content (AvgIpc) is 2.99. The number of nitrogens with zero attached hydrogens (tertiary/aromatic N) is 6. The van der Waals surface area contributed by atoms with Crippen molar-refractivity contribution in [1.29, 1.82) is 5.26 Å². The first-order valence-electron chi connectivity index (χ1n) is 14.2. The van der Waals surface area contributed by atoms with Crippen LogP contribution in [0.3, 0.4) is 0 Å². The van der Waals surface area contributed by atoms with Gasteiger partial charge < -0.3 is 25.8 Å². The van der Waals surface area contributed by atoms with Crippen molar-refractivity contribution in [3.8, 4) is 6.07 Å². The predicted octanol–water partition coefficient (Wildman–Crippen LogP) is 3.78. The minimum atomic E-state index is -0.400. The molecule has 2 aromatic carbocycles. The minimum Gasteiger partial charge on any atom is -0.382 e. The van der Waals surface area contributed by atoms with E-state index in [2.05, 4.69) is 44.4 Å². The Morgan fingerprint density at radius 3 is 2.59 bits per heavy atom. The lowest BCUT2D eigenvalue weighted by Gasteiger charge is -2.41. The first-order valence-corrected chi connectivity index (χ1v) is 14.2. The molecule has 3 N–H and O–H groups in total. The van der Waals surface area contributed by atoms with Gasteiger partial charge >= 0.3 is 0 Å². The maximum atomic E-state index is 13.9. The molecule has 5 rings (SSSR count). The molecule has 2 aliphatic rings. The Bertz CT molecular complexity index is 1450. The molecule has 3 heterocycles. The van der Waals surface area contributed by atoms with Gasteiger partial charge in [0, 0.05) is 62.8 Å². The Kier molecular flexibility index (Phi) is 8.36. The first-order chi connectivity index (χ1) is 19.8. The maximum absolute atomic E-state index is 13.9. The summed E-state index contributed by atoms with van der Waals surface area (Å²) in [4.78, 5) is 20.1. The van der Waals surface area contributed by atoms with E-state index in [1.165, 1.54) is 12.1 Å². The number of nitrogens with one attached hydrogen (secondary N) is 1. The lowest BCUT2D eigenvalue weighted by atomic mass is 9.94. The molecule has 0 spiro atoms. The number of carbonyl (C=O) groups excluding carboxylic acids is 1. The zero-order chi connectivity index (χ0) is 29.1. The highest BCUT2D eigenvalue weighted by atomic mass is 19.1. The fraction of sp³-hybridized carbons (Fsp3) is 0.419. The number of hydrogen-bond acceptors (Lipinski definition) is 8. The number of carbonyl (C=O) groups is 1. The molecule has 9 nitrogen and oxygen atoms in total. The number of aryl methyl sites for hydroxylation is 2. The summed E-state index contributed by atoms with van der Waals surface area (Å²) in [5, 5.41) is 21.4. The summed E-state index contributed by atoms with van der Waals surface area (Å²) in [5.41, 5.74) is 12.0. The van der Waals surface area contributed by atoms with E-state index in [1.807, 2.05) is 30.9 Å². The molecule has 1 aromatic heterocycles. The van der Waals surface area contributed by atoms with Gasteiger partial charge in [-0.3, -0.25) is 4.79 Å². The van der Waals surface area contributed by atoms with Crippen molar-refractivity contribution in [2.24, 2.45) is 5.73 Å². The molecule has 0 aliphatic carbocycles. The van der Waals surface area contributed by atoms with Crippen LogP contribution in [0, 0.1) is 37.9 Å². The lowest BCUT2D eigenvalue weighted by molar-refractivity contribution is 0.0722. The smallest absolute Gasteiger partial charge is 0.254 e. The van der Waals surface area contributed by atoms with Gasteiger partial charge in [0.1, 0.15) is 11.9 Å². The number of nitriles is 1. The Balaban J connectivity index is 1.29. The van der Waals surface area contributed by atoms with Crippen molar-refractivity contribution < 1.29 is 9.18 Å². The van der Waals surface area contributed by atoms with Gasteiger partial charge in [-0.25, -0.2) is 4.39 Å². The van der Waals surface area contributed by atoms with Gasteiger partial charge in [-0.05, 0) is 80.6 Å². The third-order valence-corrected chi connectivity index (χ3v) is 8.34. The highest BCUT2D eigenvalue weighted by molar-refractivity contribution is 5.99. The van der Waals surface area contributed by atoms with E-state index < -0.39 is 5.82 Å². The van der Waals surface area contributed by atoms with Gasteiger partial charge in [0.25, 0.3) is 5.91 Å². The molecular formula is C31H37FN8O. The molecule has 1 atom stereocenters. The summed E-state index contributed by atoms with van der Waals surface area (Å²) in [6.07, 6.45) is 3.37. The van der Waals surface area contributed by atoms with E-state index in [0.29, 0.717) is 31.7 Å². The van der Waals surface area contributed by atoms with Crippen LogP contribution in [-0.4, -0.2) is 72.4 Å². The second-order valence-electron chi connectivity index (χ2n) is 11.0. The van der Waals surface area contributed by atoms with Crippen molar-refractivity contribution in [2.45, 2.75) is 45.7 Å². The highest BCUT2D eigenvalue weighted by Gasteiger charge is 2.32. The maximum Gasteiger partial charge on any atom is 0.254 e. The summed E-state index contributed by atoms with van der Waals surface area (Å²) < 4.78 is 13.6. The Morgan fingerprint density at radius 2 is 1.90 bits per heavy atom. The highest BCUT2D eigenvalue weighted by Crippen LogP contribution is 2.32. The van der Waals surface area contributed by atoms with E-state index >= 15 is 0 Å². The van der Waals surface area contributed by atoms with E-state index in [0.717, 1.165) is 65.4 Å². The molecule has 10 heteroatoms. The molecule has 0 saturated carbocycles. The third kappa shape index (κ3) is 5.81. The summed E-state index contributed by atoms with van der Waals surface area (Å²) in [7, 11) is 0. The van der Waals surface area contributed by atoms with E-state index in [1.54, 1.807) is 12.3 Å². The Labute approximate surface area is 240 Å². The van der Waals surface area contributed by atoms with Crippen LogP contribution in [0.25, 0.3) is 0 Å². The number of aromatic nitrogens is 2. The molecule has 0 unspecified atom stereocenters. The molecule has 2 saturated heterocycles. The Morgan fingerprint density at radius 1 is 1.12 bits per heavy atom. The number of nitrogens with two attached hydrogens (primary N) is 1. The number of halogens is 1. The van der Waals surface area contributed by atoms with Crippen LogP contribution in [-0.2, 0) is 0 Å². The molecule has 3 aromatic rings. The van der Waals surface area contributed by atoms with Crippen molar-refractivity contribution in [1.82, 2.24) is 15.1 Å². The van der Waals surface area contributed by atoms with Crippen LogP contribution in [0.4, 0.5) is 21.6 Å². The topological polar surface area (TPSA) is 114 Å². The zero-order valence-corrected chi connectivity index (χ0v) is 23.9. The zero-order valence-electron chi connectivity index (χ0n) is 23.9. The molecular weight excluding hydrogens is 519 g/mol. The van der Waals surface area contributed by atoms with Crippen LogP contribution in [0.15, 0.2) is 42.6 Å². The summed E-state index contributed by atoms with van der Waals surface area (Å²) in [5.74, 6) is 0.400. The largest absolute Gasteiger partial charge is 0.382 e. The minimum absolute atomic E-state index is 0.0236. The summed E-state index contributed by atoms with van der Waals surface area (Å²) >= 11 is 0. The number of hydrogen-bond donors (Lipinski definition) is 2. The SMILES string of the molecule is Cc1cc(C)c(C(=O)N2CCN(c3cccnn3)[C@H](CN)C2)c(C)c1NC1CCN(c2ccc(F)cc2C#N)CC1. The molecule has 2 aliphatic heterocycles. The number of piperazine rings is 1. The molecule has 2 fully saturated rings. The normalized spacial score (nSPS) is 17.9. The fourth-order valence-electron chi connectivity index (χ4n) is 6.23. The quantitative estimate of drug-likeness (QED) is 0.472. The van der Waals surface area contributed by atoms with Gasteiger partial charge in [0.2, 0.25) is 0 Å². The fourth-order valence-corrected chi connectivity index (χ4v) is 6.23. The number of anilines is 3. The van der Waals surface area contributed by atoms with Crippen molar-refractivity contribution in [3.63, 3.8) is 0 Å². The second kappa shape index (κ2) is 12.1. The van der Waals surface area contributed by atoms with Crippen LogP contribution < -0.4 is 20.9 Å². The Hall–Kier alpha value is -4.23. The van der Waals surface area contributed by atoms with E-state index in [4.69, 9.17) is 5.73 Å². The number of rotatable bonds is 6. The van der Waals surface area contributed by atoms with E-state index in [-0.39, 0.29) is 18.0 Å². The average molecular weight is 557 g/mol. The lowest BCUT2D eigenvalue weighted by Crippen LogP contribution is -2.57. The standard InChI is InChI=1S/C31H37FN8O/c1-20-15-21(2)30(36-25-8-11-38(12-9-25)27-7-6-24(32)16-23(27)17-33)22(3)29(20)31(41)39-13-14-40(26(18-34)19-39)28-5-4-10-35-37-28/h4-7,10,15-16,25-26,36H,8-9,11-14,18-19,34H2,1-3H3/t26-/m1/s1. The molecule has 1 amide bonds. The van der Waals surface area contributed by atoms with Gasteiger partial charge in [-0.1, -0.05) is 6.07 Å². The van der Waals surface area contributed by atoms with Crippen molar-refractivity contribution in [2.75, 3.05) is 54.4 Å². The van der Waals surface area contributed by atoms with Gasteiger partial charge in [0.15, 0.2) is 5.82 Å². The van der Waals surface area contributed by atoms with Crippen LogP contribution in [0.1, 0.15) is 45.5 Å². The molecule has 214 valence electrons. The first kappa shape index (κ1) is 28.3. The predicted molar refractivity (Wildman–Crippen MR) is 159 cm³/mol. The van der Waals surface area contributed by atoms with Crippen molar-refractivity contribution in [3.05, 3.63) is 76.2 Å².